The molecule has 4 rings (SSSR count). The lowest BCUT2D eigenvalue weighted by Gasteiger charge is -2.40. The molecule has 1 aliphatic carbocycles. The molecular formula is C19H20ClN3O4. The van der Waals surface area contributed by atoms with E-state index in [-0.39, 0.29) is 12.0 Å². The molecular weight excluding hydrogens is 370 g/mol. The Morgan fingerprint density at radius 3 is 2.74 bits per heavy atom. The molecule has 142 valence electrons. The summed E-state index contributed by atoms with van der Waals surface area (Å²) in [6.45, 7) is 6.22. The highest BCUT2D eigenvalue weighted by atomic mass is 35.5. The van der Waals surface area contributed by atoms with Crippen LogP contribution >= 0.6 is 11.6 Å². The normalized spacial score (nSPS) is 25.6. The predicted molar refractivity (Wildman–Crippen MR) is 97.3 cm³/mol. The number of carbonyl (C=O) groups is 1. The van der Waals surface area contributed by atoms with Crippen LogP contribution in [0.5, 0.6) is 0 Å². The van der Waals surface area contributed by atoms with Gasteiger partial charge < -0.3 is 9.57 Å². The zero-order chi connectivity index (χ0) is 19.2. The van der Waals surface area contributed by atoms with Gasteiger partial charge in [0, 0.05) is 23.4 Å². The number of hydrogen-bond acceptors (Lipinski definition) is 7. The van der Waals surface area contributed by atoms with Crippen molar-refractivity contribution >= 4 is 23.3 Å². The van der Waals surface area contributed by atoms with E-state index >= 15 is 0 Å². The van der Waals surface area contributed by atoms with E-state index in [4.69, 9.17) is 25.8 Å². The molecule has 2 atom stereocenters. The summed E-state index contributed by atoms with van der Waals surface area (Å²) in [5, 5.41) is 13.0. The molecule has 0 amide bonds. The molecule has 27 heavy (non-hydrogen) atoms. The molecule has 2 aliphatic rings. The summed E-state index contributed by atoms with van der Waals surface area (Å²) in [7, 11) is 0. The molecule has 2 heterocycles. The number of halogens is 1. The minimum Gasteiger partial charge on any atom is -0.465 e. The lowest BCUT2D eigenvalue weighted by molar-refractivity contribution is -0.160. The second kappa shape index (κ2) is 6.34. The molecule has 0 unspecified atom stereocenters. The van der Waals surface area contributed by atoms with E-state index in [0.717, 1.165) is 5.56 Å². The highest BCUT2D eigenvalue weighted by molar-refractivity contribution is 6.30. The second-order valence-electron chi connectivity index (χ2n) is 7.73. The SMILES string of the molecule is CCOC(=O)[C@@H]1C(c2ccc(Cl)cc2)=NO[C@@]12CC(C)(C)Cc1nonc12. The Labute approximate surface area is 161 Å². The van der Waals surface area contributed by atoms with Gasteiger partial charge >= 0.3 is 5.97 Å². The molecule has 1 aliphatic heterocycles. The summed E-state index contributed by atoms with van der Waals surface area (Å²) in [4.78, 5) is 19.0. The van der Waals surface area contributed by atoms with Gasteiger partial charge in [-0.25, -0.2) is 4.63 Å². The fourth-order valence-corrected chi connectivity index (χ4v) is 4.22. The standard InChI is InChI=1S/C19H20ClN3O4/c1-4-25-17(24)14-15(11-5-7-12(20)8-6-11)22-26-19(14)10-18(2,3)9-13-16(19)23-27-21-13/h5-8,14H,4,9-10H2,1-3H3/t14-,19-/m0/s1. The van der Waals surface area contributed by atoms with E-state index in [2.05, 4.69) is 29.3 Å². The Morgan fingerprint density at radius 1 is 1.30 bits per heavy atom. The van der Waals surface area contributed by atoms with Gasteiger partial charge in [0.25, 0.3) is 0 Å². The molecule has 0 saturated heterocycles. The summed E-state index contributed by atoms with van der Waals surface area (Å²) in [6, 6.07) is 7.12. The lowest BCUT2D eigenvalue weighted by Crippen LogP contribution is -2.49. The van der Waals surface area contributed by atoms with Crippen molar-refractivity contribution in [3.05, 3.63) is 46.2 Å². The van der Waals surface area contributed by atoms with Gasteiger partial charge in [0.2, 0.25) is 5.60 Å². The van der Waals surface area contributed by atoms with Crippen molar-refractivity contribution in [3.8, 4) is 0 Å². The van der Waals surface area contributed by atoms with Crippen LogP contribution in [0.15, 0.2) is 34.1 Å². The molecule has 8 heteroatoms. The van der Waals surface area contributed by atoms with Crippen molar-refractivity contribution in [1.29, 1.82) is 0 Å². The van der Waals surface area contributed by atoms with E-state index in [1.54, 1.807) is 19.1 Å². The van der Waals surface area contributed by atoms with Gasteiger partial charge in [0.1, 0.15) is 11.4 Å². The Kier molecular flexibility index (Phi) is 4.22. The monoisotopic (exact) mass is 389 g/mol. The first-order chi connectivity index (χ1) is 12.9. The average Bonchev–Trinajstić information content (AvgIpc) is 3.20. The largest absolute Gasteiger partial charge is 0.465 e. The van der Waals surface area contributed by atoms with Crippen LogP contribution in [0.3, 0.4) is 0 Å². The van der Waals surface area contributed by atoms with Crippen molar-refractivity contribution in [2.75, 3.05) is 6.61 Å². The summed E-state index contributed by atoms with van der Waals surface area (Å²) in [5.41, 5.74) is 1.17. The maximum Gasteiger partial charge on any atom is 0.319 e. The van der Waals surface area contributed by atoms with E-state index < -0.39 is 17.5 Å². The first-order valence-electron chi connectivity index (χ1n) is 8.87. The van der Waals surface area contributed by atoms with Gasteiger partial charge in [-0.2, -0.15) is 0 Å². The van der Waals surface area contributed by atoms with Gasteiger partial charge in [-0.15, -0.1) is 0 Å². The van der Waals surface area contributed by atoms with Crippen LogP contribution in [0.2, 0.25) is 5.02 Å². The topological polar surface area (TPSA) is 86.8 Å². The van der Waals surface area contributed by atoms with Crippen molar-refractivity contribution in [3.63, 3.8) is 0 Å². The van der Waals surface area contributed by atoms with Crippen LogP contribution in [-0.4, -0.2) is 28.6 Å². The Balaban J connectivity index is 1.85. The highest BCUT2D eigenvalue weighted by Crippen LogP contribution is 2.53. The quantitative estimate of drug-likeness (QED) is 0.746. The van der Waals surface area contributed by atoms with Crippen molar-refractivity contribution in [1.82, 2.24) is 10.3 Å². The lowest BCUT2D eigenvalue weighted by atomic mass is 9.64. The van der Waals surface area contributed by atoms with Gasteiger partial charge in [0.05, 0.1) is 6.61 Å². The van der Waals surface area contributed by atoms with E-state index in [1.165, 1.54) is 0 Å². The van der Waals surface area contributed by atoms with Gasteiger partial charge in [-0.3, -0.25) is 4.79 Å². The number of ether oxygens (including phenoxy) is 1. The first-order valence-corrected chi connectivity index (χ1v) is 9.25. The molecule has 0 bridgehead atoms. The summed E-state index contributed by atoms with van der Waals surface area (Å²) in [5.74, 6) is -1.18. The minimum atomic E-state index is -1.10. The Bertz CT molecular complexity index is 906. The third-order valence-electron chi connectivity index (χ3n) is 5.05. The molecule has 1 spiro atoms. The highest BCUT2D eigenvalue weighted by Gasteiger charge is 2.62. The molecule has 1 aromatic heterocycles. The maximum atomic E-state index is 13.0. The smallest absolute Gasteiger partial charge is 0.319 e. The number of esters is 1. The third kappa shape index (κ3) is 2.90. The number of fused-ring (bicyclic) bond motifs is 2. The second-order valence-corrected chi connectivity index (χ2v) is 8.16. The predicted octanol–water partition coefficient (Wildman–Crippen LogP) is 3.50. The van der Waals surface area contributed by atoms with E-state index in [1.807, 2.05) is 12.1 Å². The van der Waals surface area contributed by atoms with Crippen LogP contribution in [0, 0.1) is 11.3 Å². The van der Waals surface area contributed by atoms with Crippen LogP contribution < -0.4 is 0 Å². The average molecular weight is 390 g/mol. The maximum absolute atomic E-state index is 13.0. The number of carbonyl (C=O) groups excluding carboxylic acids is 1. The zero-order valence-electron chi connectivity index (χ0n) is 15.4. The Morgan fingerprint density at radius 2 is 2.04 bits per heavy atom. The number of aromatic nitrogens is 2. The molecule has 7 nitrogen and oxygen atoms in total. The zero-order valence-corrected chi connectivity index (χ0v) is 16.1. The molecule has 0 N–H and O–H groups in total. The van der Waals surface area contributed by atoms with Crippen LogP contribution in [-0.2, 0) is 26.4 Å². The van der Waals surface area contributed by atoms with Crippen LogP contribution in [0.4, 0.5) is 0 Å². The number of nitrogens with zero attached hydrogens (tertiary/aromatic N) is 3. The van der Waals surface area contributed by atoms with E-state index in [9.17, 15) is 4.79 Å². The number of oxime groups is 1. The summed E-state index contributed by atoms with van der Waals surface area (Å²) < 4.78 is 10.4. The van der Waals surface area contributed by atoms with Gasteiger partial charge in [-0.05, 0) is 24.5 Å². The number of benzene rings is 1. The molecule has 0 radical (unpaired) electrons. The summed E-state index contributed by atoms with van der Waals surface area (Å²) >= 11 is 6.01. The molecule has 1 aromatic carbocycles. The van der Waals surface area contributed by atoms with Gasteiger partial charge in [-0.1, -0.05) is 53.1 Å². The fourth-order valence-electron chi connectivity index (χ4n) is 4.09. The molecule has 0 fully saturated rings. The molecule has 2 aromatic rings. The van der Waals surface area contributed by atoms with Crippen molar-refractivity contribution in [2.45, 2.75) is 39.2 Å². The van der Waals surface area contributed by atoms with Gasteiger partial charge in [0.15, 0.2) is 11.6 Å². The van der Waals surface area contributed by atoms with Crippen LogP contribution in [0.1, 0.15) is 44.1 Å². The summed E-state index contributed by atoms with van der Waals surface area (Å²) in [6.07, 6.45) is 1.22. The molecule has 0 saturated carbocycles. The number of rotatable bonds is 3. The van der Waals surface area contributed by atoms with Crippen molar-refractivity contribution < 1.29 is 19.0 Å². The van der Waals surface area contributed by atoms with Crippen molar-refractivity contribution in [2.24, 2.45) is 16.5 Å². The number of hydrogen-bond donors (Lipinski definition) is 0. The Hall–Kier alpha value is -2.41. The first kappa shape index (κ1) is 18.0. The van der Waals surface area contributed by atoms with E-state index in [0.29, 0.717) is 35.0 Å². The third-order valence-corrected chi connectivity index (χ3v) is 5.31. The fraction of sp³-hybridized carbons (Fsp3) is 0.474. The minimum absolute atomic E-state index is 0.179. The van der Waals surface area contributed by atoms with Crippen LogP contribution in [0.25, 0.3) is 0 Å².